The summed E-state index contributed by atoms with van der Waals surface area (Å²) in [5.74, 6) is -0.0764. The molecule has 2 atom stereocenters. The highest BCUT2D eigenvalue weighted by atomic mass is 35.5. The van der Waals surface area contributed by atoms with Gasteiger partial charge in [-0.1, -0.05) is 12.1 Å². The van der Waals surface area contributed by atoms with Gasteiger partial charge in [0.2, 0.25) is 5.95 Å². The van der Waals surface area contributed by atoms with Gasteiger partial charge in [0.1, 0.15) is 0 Å². The lowest BCUT2D eigenvalue weighted by Gasteiger charge is -2.21. The number of nitrogens with zero attached hydrogens (tertiary/aromatic N) is 3. The predicted octanol–water partition coefficient (Wildman–Crippen LogP) is 5.97. The Bertz CT molecular complexity index is 1230. The summed E-state index contributed by atoms with van der Waals surface area (Å²) in [6, 6.07) is 12.0. The van der Waals surface area contributed by atoms with Crippen LogP contribution in [0.5, 0.6) is 0 Å². The van der Waals surface area contributed by atoms with E-state index in [2.05, 4.69) is 9.88 Å². The van der Waals surface area contributed by atoms with Crippen LogP contribution in [0.3, 0.4) is 0 Å². The number of piperidine rings is 1. The lowest BCUT2D eigenvalue weighted by Crippen LogP contribution is -2.28. The van der Waals surface area contributed by atoms with E-state index in [1.807, 2.05) is 6.07 Å². The van der Waals surface area contributed by atoms with Gasteiger partial charge < -0.3 is 9.47 Å². The molecular weight excluding hydrogens is 517 g/mol. The van der Waals surface area contributed by atoms with E-state index in [1.54, 1.807) is 35.0 Å². The molecule has 194 valence electrons. The van der Waals surface area contributed by atoms with Gasteiger partial charge >= 0.3 is 6.18 Å². The second-order valence-corrected chi connectivity index (χ2v) is 9.36. The Kier molecular flexibility index (Phi) is 8.53. The number of fused-ring (bicyclic) bond motifs is 1. The van der Waals surface area contributed by atoms with Crippen LogP contribution in [0.15, 0.2) is 65.7 Å². The van der Waals surface area contributed by atoms with Crippen molar-refractivity contribution in [1.29, 1.82) is 0 Å². The first kappa shape index (κ1) is 28.2. The molecule has 0 spiro atoms. The molecule has 2 aromatic heterocycles. The molecule has 2 aliphatic rings. The largest absolute Gasteiger partial charge is 0.416 e. The number of benzene rings is 1. The molecule has 3 aromatic rings. The van der Waals surface area contributed by atoms with E-state index >= 15 is 0 Å². The fraction of sp³-hybridized carbons (Fsp3) is 0.385. The van der Waals surface area contributed by atoms with Crippen LogP contribution in [-0.2, 0) is 18.1 Å². The summed E-state index contributed by atoms with van der Waals surface area (Å²) in [5.41, 5.74) is 1.36. The fourth-order valence-corrected chi connectivity index (χ4v) is 5.28. The monoisotopic (exact) mass is 543 g/mol. The zero-order valence-electron chi connectivity index (χ0n) is 19.4. The number of rotatable bonds is 7. The van der Waals surface area contributed by atoms with Crippen LogP contribution in [0.25, 0.3) is 11.1 Å². The second-order valence-electron chi connectivity index (χ2n) is 9.36. The van der Waals surface area contributed by atoms with Gasteiger partial charge in [0.15, 0.2) is 0 Å². The lowest BCUT2D eigenvalue weighted by molar-refractivity contribution is -0.137. The summed E-state index contributed by atoms with van der Waals surface area (Å²) in [6.45, 7) is 3.32. The van der Waals surface area contributed by atoms with Crippen LogP contribution in [0.1, 0.15) is 30.4 Å². The normalized spacial score (nSPS) is 20.8. The molecule has 3 heterocycles. The Morgan fingerprint density at radius 1 is 1.00 bits per heavy atom. The van der Waals surface area contributed by atoms with E-state index in [0.717, 1.165) is 44.5 Å². The van der Waals surface area contributed by atoms with E-state index in [-0.39, 0.29) is 35.8 Å². The number of hydrogen-bond donors (Lipinski definition) is 0. The molecule has 0 unspecified atom stereocenters. The van der Waals surface area contributed by atoms with Gasteiger partial charge in [0.05, 0.1) is 5.56 Å². The molecule has 0 amide bonds. The van der Waals surface area contributed by atoms with E-state index in [4.69, 9.17) is 0 Å². The number of aromatic nitrogens is 2. The predicted molar refractivity (Wildman–Crippen MR) is 135 cm³/mol. The third-order valence-electron chi connectivity index (χ3n) is 7.19. The molecule has 0 radical (unpaired) electrons. The third-order valence-corrected chi connectivity index (χ3v) is 7.19. The van der Waals surface area contributed by atoms with Gasteiger partial charge in [-0.25, -0.2) is 4.98 Å². The SMILES string of the molecule is Cl.Cl.O=c1c(-c2ccc(F)nc2)cccn1CCCCN1C[C@@H]2C[C@]2(c2ccc(C(F)(F)F)cc2)C1. The van der Waals surface area contributed by atoms with Crippen molar-refractivity contribution in [2.24, 2.45) is 5.92 Å². The highest BCUT2D eigenvalue weighted by Crippen LogP contribution is 2.59. The van der Waals surface area contributed by atoms with Crippen LogP contribution >= 0.6 is 24.8 Å². The van der Waals surface area contributed by atoms with Crippen molar-refractivity contribution in [3.8, 4) is 11.1 Å². The third kappa shape index (κ3) is 5.61. The number of halogens is 6. The second kappa shape index (κ2) is 10.9. The zero-order chi connectivity index (χ0) is 23.9. The maximum Gasteiger partial charge on any atom is 0.416 e. The average Bonchev–Trinajstić information content (AvgIpc) is 3.39. The van der Waals surface area contributed by atoms with Crippen molar-refractivity contribution >= 4 is 24.8 Å². The summed E-state index contributed by atoms with van der Waals surface area (Å²) < 4.78 is 53.3. The molecule has 10 heteroatoms. The van der Waals surface area contributed by atoms with Gasteiger partial charge in [0, 0.05) is 48.6 Å². The molecule has 1 saturated carbocycles. The first-order chi connectivity index (χ1) is 16.3. The summed E-state index contributed by atoms with van der Waals surface area (Å²) >= 11 is 0. The first-order valence-corrected chi connectivity index (χ1v) is 11.5. The van der Waals surface area contributed by atoms with Gasteiger partial charge in [-0.15, -0.1) is 24.8 Å². The zero-order valence-corrected chi connectivity index (χ0v) is 21.0. The molecular formula is C26H27Cl2F4N3O. The van der Waals surface area contributed by atoms with E-state index < -0.39 is 17.7 Å². The Labute approximate surface area is 219 Å². The van der Waals surface area contributed by atoms with Crippen molar-refractivity contribution in [2.45, 2.75) is 37.4 Å². The molecule has 5 rings (SSSR count). The van der Waals surface area contributed by atoms with Crippen molar-refractivity contribution in [3.63, 3.8) is 0 Å². The van der Waals surface area contributed by atoms with Crippen molar-refractivity contribution < 1.29 is 17.6 Å². The number of likely N-dealkylation sites (tertiary alicyclic amines) is 1. The molecule has 1 aliphatic heterocycles. The maximum absolute atomic E-state index is 13.1. The van der Waals surface area contributed by atoms with Crippen LogP contribution in [0.2, 0.25) is 0 Å². The maximum atomic E-state index is 13.1. The summed E-state index contributed by atoms with van der Waals surface area (Å²) in [4.78, 5) is 18.8. The molecule has 0 N–H and O–H groups in total. The van der Waals surface area contributed by atoms with E-state index in [0.29, 0.717) is 23.6 Å². The number of aryl methyl sites for hydroxylation is 1. The highest BCUT2D eigenvalue weighted by molar-refractivity contribution is 5.85. The van der Waals surface area contributed by atoms with Crippen LogP contribution < -0.4 is 5.56 Å². The average molecular weight is 544 g/mol. The number of pyridine rings is 2. The molecule has 1 saturated heterocycles. The van der Waals surface area contributed by atoms with E-state index in [1.165, 1.54) is 24.4 Å². The standard InChI is InChI=1S/C26H25F4N3O.2ClH/c27-23-10-5-18(15-31-23)22-4-3-13-33(24(22)34)12-2-1-11-32-16-21-14-25(21,17-32)19-6-8-20(9-7-19)26(28,29)30;;/h3-10,13,15,21H,1-2,11-12,14,16-17H2;2*1H/t21-,25+;;/m0../s1. The highest BCUT2D eigenvalue weighted by Gasteiger charge is 2.60. The fourth-order valence-electron chi connectivity index (χ4n) is 5.28. The van der Waals surface area contributed by atoms with Gasteiger partial charge in [-0.3, -0.25) is 4.79 Å². The molecule has 36 heavy (non-hydrogen) atoms. The molecule has 2 fully saturated rings. The van der Waals surface area contributed by atoms with Gasteiger partial charge in [-0.05, 0) is 73.7 Å². The van der Waals surface area contributed by atoms with Crippen LogP contribution in [0, 0.1) is 11.9 Å². The van der Waals surface area contributed by atoms with Crippen molar-refractivity contribution in [1.82, 2.24) is 14.5 Å². The minimum Gasteiger partial charge on any atom is -0.315 e. The minimum atomic E-state index is -4.31. The van der Waals surface area contributed by atoms with Gasteiger partial charge in [-0.2, -0.15) is 17.6 Å². The Balaban J connectivity index is 0.00000180. The minimum absolute atomic E-state index is 0. The van der Waals surface area contributed by atoms with Crippen molar-refractivity contribution in [3.05, 3.63) is 88.4 Å². The number of alkyl halides is 3. The van der Waals surface area contributed by atoms with E-state index in [9.17, 15) is 22.4 Å². The summed E-state index contributed by atoms with van der Waals surface area (Å²) in [6.07, 6.45) is 1.60. The van der Waals surface area contributed by atoms with Crippen molar-refractivity contribution in [2.75, 3.05) is 19.6 Å². The van der Waals surface area contributed by atoms with Crippen LogP contribution in [-0.4, -0.2) is 34.1 Å². The first-order valence-electron chi connectivity index (χ1n) is 11.5. The molecule has 1 aliphatic carbocycles. The quantitative estimate of drug-likeness (QED) is 0.209. The Morgan fingerprint density at radius 2 is 1.72 bits per heavy atom. The number of hydrogen-bond acceptors (Lipinski definition) is 3. The smallest absolute Gasteiger partial charge is 0.315 e. The molecule has 0 bridgehead atoms. The summed E-state index contributed by atoms with van der Waals surface area (Å²) in [5, 5.41) is 0. The molecule has 4 nitrogen and oxygen atoms in total. The number of unbranched alkanes of at least 4 members (excludes halogenated alkanes) is 1. The topological polar surface area (TPSA) is 38.1 Å². The lowest BCUT2D eigenvalue weighted by atomic mass is 9.94. The Morgan fingerprint density at radius 3 is 2.39 bits per heavy atom. The Hall–Kier alpha value is -2.42. The summed E-state index contributed by atoms with van der Waals surface area (Å²) in [7, 11) is 0. The molecule has 1 aromatic carbocycles. The van der Waals surface area contributed by atoms with Gasteiger partial charge in [0.25, 0.3) is 5.56 Å². The van der Waals surface area contributed by atoms with Crippen LogP contribution in [0.4, 0.5) is 17.6 Å².